The molecule has 9 nitrogen and oxygen atoms in total. The standard InChI is InChI=1S/C29H31ClN6O3/c30-20-15-19-5-7-31-28(19)25(16-20)33-26(38)18-35-8-6-24-22(17-35)27(21-3-1-2-4-23(21)32-24)29(39)36-11-9-34(10-12-36)13-14-37/h1-5,7,15-16,31,37H,6,8-14,17-18H2,(H,33,38). The first kappa shape index (κ1) is 25.8. The van der Waals surface area contributed by atoms with Crippen LogP contribution >= 0.6 is 11.6 Å². The number of benzene rings is 2. The van der Waals surface area contributed by atoms with E-state index in [0.717, 1.165) is 46.2 Å². The van der Waals surface area contributed by atoms with Crippen molar-refractivity contribution in [3.63, 3.8) is 0 Å². The van der Waals surface area contributed by atoms with Gasteiger partial charge in [0.05, 0.1) is 35.4 Å². The molecule has 202 valence electrons. The number of hydrogen-bond acceptors (Lipinski definition) is 6. The lowest BCUT2D eigenvalue weighted by atomic mass is 9.94. The van der Waals surface area contributed by atoms with E-state index in [4.69, 9.17) is 16.6 Å². The number of carbonyl (C=O) groups is 2. The molecule has 3 N–H and O–H groups in total. The maximum atomic E-state index is 14.0. The van der Waals surface area contributed by atoms with Crippen molar-refractivity contribution < 1.29 is 14.7 Å². The molecule has 4 heterocycles. The number of hydrogen-bond donors (Lipinski definition) is 3. The van der Waals surface area contributed by atoms with E-state index in [2.05, 4.69) is 20.1 Å². The second-order valence-corrected chi connectivity index (χ2v) is 10.6. The number of H-pyrrole nitrogens is 1. The Morgan fingerprint density at radius 2 is 1.87 bits per heavy atom. The lowest BCUT2D eigenvalue weighted by Gasteiger charge is -2.36. The number of para-hydroxylation sites is 1. The lowest BCUT2D eigenvalue weighted by Crippen LogP contribution is -2.49. The zero-order valence-electron chi connectivity index (χ0n) is 21.6. The Labute approximate surface area is 231 Å². The van der Waals surface area contributed by atoms with Crippen LogP contribution in [0.3, 0.4) is 0 Å². The molecule has 2 aromatic heterocycles. The number of nitrogens with zero attached hydrogens (tertiary/aromatic N) is 4. The molecular weight excluding hydrogens is 516 g/mol. The Morgan fingerprint density at radius 1 is 1.05 bits per heavy atom. The molecule has 2 aliphatic heterocycles. The number of nitrogens with one attached hydrogen (secondary N) is 2. The zero-order valence-corrected chi connectivity index (χ0v) is 22.4. The van der Waals surface area contributed by atoms with Crippen molar-refractivity contribution in [2.75, 3.05) is 57.7 Å². The molecule has 2 amide bonds. The van der Waals surface area contributed by atoms with Gasteiger partial charge in [0.1, 0.15) is 0 Å². The van der Waals surface area contributed by atoms with Gasteiger partial charge >= 0.3 is 0 Å². The number of fused-ring (bicyclic) bond motifs is 3. The lowest BCUT2D eigenvalue weighted by molar-refractivity contribution is -0.117. The summed E-state index contributed by atoms with van der Waals surface area (Å²) in [7, 11) is 0. The highest BCUT2D eigenvalue weighted by Crippen LogP contribution is 2.30. The number of aliphatic hydroxyl groups excluding tert-OH is 1. The molecule has 4 aromatic rings. The largest absolute Gasteiger partial charge is 0.395 e. The predicted octanol–water partition coefficient (Wildman–Crippen LogP) is 3.12. The number of β-amino-alcohol motifs (C(OH)–C–C–N with tert-alkyl or cyclic N) is 1. The smallest absolute Gasteiger partial charge is 0.255 e. The highest BCUT2D eigenvalue weighted by molar-refractivity contribution is 6.32. The summed E-state index contributed by atoms with van der Waals surface area (Å²) < 4.78 is 0. The van der Waals surface area contributed by atoms with E-state index in [1.807, 2.05) is 47.5 Å². The fraction of sp³-hybridized carbons (Fsp3) is 0.345. The molecular formula is C29H31ClN6O3. The number of piperazine rings is 1. The summed E-state index contributed by atoms with van der Waals surface area (Å²) in [4.78, 5) is 41.3. The van der Waals surface area contributed by atoms with Crippen LogP contribution in [0.1, 0.15) is 21.6 Å². The van der Waals surface area contributed by atoms with E-state index in [1.54, 1.807) is 6.07 Å². The number of pyridine rings is 1. The summed E-state index contributed by atoms with van der Waals surface area (Å²) in [6.07, 6.45) is 2.48. The number of halogens is 1. The van der Waals surface area contributed by atoms with Gasteiger partial charge in [-0.25, -0.2) is 0 Å². The number of aromatic nitrogens is 2. The first-order valence-electron chi connectivity index (χ1n) is 13.3. The summed E-state index contributed by atoms with van der Waals surface area (Å²) in [5, 5.41) is 14.6. The Bertz CT molecular complexity index is 1550. The van der Waals surface area contributed by atoms with Crippen LogP contribution in [0.5, 0.6) is 0 Å². The molecule has 0 radical (unpaired) electrons. The van der Waals surface area contributed by atoms with Gasteiger partial charge in [0.15, 0.2) is 0 Å². The number of carbonyl (C=O) groups excluding carboxylic acids is 2. The summed E-state index contributed by atoms with van der Waals surface area (Å²) in [6.45, 7) is 4.78. The van der Waals surface area contributed by atoms with Crippen LogP contribution in [0.4, 0.5) is 5.69 Å². The summed E-state index contributed by atoms with van der Waals surface area (Å²) >= 11 is 6.26. The van der Waals surface area contributed by atoms with Crippen molar-refractivity contribution >= 4 is 50.9 Å². The van der Waals surface area contributed by atoms with Crippen molar-refractivity contribution in [2.45, 2.75) is 13.0 Å². The van der Waals surface area contributed by atoms with Crippen LogP contribution in [0, 0.1) is 0 Å². The van der Waals surface area contributed by atoms with E-state index in [1.165, 1.54) is 0 Å². The number of rotatable bonds is 6. The van der Waals surface area contributed by atoms with Gasteiger partial charge in [-0.2, -0.15) is 0 Å². The van der Waals surface area contributed by atoms with Crippen molar-refractivity contribution in [3.05, 3.63) is 70.5 Å². The van der Waals surface area contributed by atoms with Crippen LogP contribution in [0.25, 0.3) is 21.8 Å². The van der Waals surface area contributed by atoms with E-state index in [0.29, 0.717) is 55.4 Å². The molecule has 0 bridgehead atoms. The van der Waals surface area contributed by atoms with Crippen LogP contribution in [-0.2, 0) is 17.8 Å². The van der Waals surface area contributed by atoms with Crippen molar-refractivity contribution in [2.24, 2.45) is 0 Å². The molecule has 39 heavy (non-hydrogen) atoms. The molecule has 1 fully saturated rings. The minimum absolute atomic E-state index is 0.00728. The van der Waals surface area contributed by atoms with Gasteiger partial charge in [0, 0.05) is 85.5 Å². The van der Waals surface area contributed by atoms with Crippen LogP contribution in [0.2, 0.25) is 5.02 Å². The summed E-state index contributed by atoms with van der Waals surface area (Å²) in [5.74, 6) is -0.133. The van der Waals surface area contributed by atoms with Crippen LogP contribution in [0.15, 0.2) is 48.7 Å². The van der Waals surface area contributed by atoms with Gasteiger partial charge in [0.25, 0.3) is 5.91 Å². The van der Waals surface area contributed by atoms with Gasteiger partial charge in [0.2, 0.25) is 5.91 Å². The molecule has 2 aliphatic rings. The quantitative estimate of drug-likeness (QED) is 0.343. The molecule has 2 aromatic carbocycles. The topological polar surface area (TPSA) is 105 Å². The number of aliphatic hydroxyl groups is 1. The Hall–Kier alpha value is -3.50. The Morgan fingerprint density at radius 3 is 2.69 bits per heavy atom. The average Bonchev–Trinajstić information content (AvgIpc) is 3.41. The minimum atomic E-state index is -0.141. The fourth-order valence-corrected chi connectivity index (χ4v) is 5.95. The number of anilines is 1. The van der Waals surface area contributed by atoms with E-state index in [9.17, 15) is 14.7 Å². The van der Waals surface area contributed by atoms with E-state index in [-0.39, 0.29) is 25.0 Å². The average molecular weight is 547 g/mol. The third-order valence-corrected chi connectivity index (χ3v) is 7.90. The molecule has 0 unspecified atom stereocenters. The van der Waals surface area contributed by atoms with Crippen LogP contribution in [-0.4, -0.2) is 94.0 Å². The fourth-order valence-electron chi connectivity index (χ4n) is 5.73. The monoisotopic (exact) mass is 546 g/mol. The van der Waals surface area contributed by atoms with Gasteiger partial charge in [-0.1, -0.05) is 29.8 Å². The van der Waals surface area contributed by atoms with E-state index < -0.39 is 0 Å². The number of aromatic amines is 1. The highest BCUT2D eigenvalue weighted by Gasteiger charge is 2.30. The van der Waals surface area contributed by atoms with Gasteiger partial charge in [-0.3, -0.25) is 24.4 Å². The van der Waals surface area contributed by atoms with Crippen molar-refractivity contribution in [3.8, 4) is 0 Å². The zero-order chi connectivity index (χ0) is 26.9. The summed E-state index contributed by atoms with van der Waals surface area (Å²) in [6, 6.07) is 13.3. The SMILES string of the molecule is O=C(CN1CCc2nc3ccccc3c(C(=O)N3CCN(CCO)CC3)c2C1)Nc1cc(Cl)cc2cc[nH]c12. The molecule has 0 saturated carbocycles. The molecule has 10 heteroatoms. The van der Waals surface area contributed by atoms with Gasteiger partial charge in [-0.05, 0) is 24.3 Å². The van der Waals surface area contributed by atoms with Crippen molar-refractivity contribution in [1.82, 2.24) is 24.7 Å². The number of amides is 2. The Balaban J connectivity index is 1.24. The second kappa shape index (κ2) is 10.9. The molecule has 0 spiro atoms. The third kappa shape index (κ3) is 5.23. The molecule has 6 rings (SSSR count). The van der Waals surface area contributed by atoms with Crippen molar-refractivity contribution in [1.29, 1.82) is 0 Å². The highest BCUT2D eigenvalue weighted by atomic mass is 35.5. The first-order valence-corrected chi connectivity index (χ1v) is 13.7. The maximum Gasteiger partial charge on any atom is 0.255 e. The minimum Gasteiger partial charge on any atom is -0.395 e. The predicted molar refractivity (Wildman–Crippen MR) is 152 cm³/mol. The van der Waals surface area contributed by atoms with Gasteiger partial charge in [-0.15, -0.1) is 0 Å². The third-order valence-electron chi connectivity index (χ3n) is 7.68. The Kier molecular flexibility index (Phi) is 7.22. The van der Waals surface area contributed by atoms with Crippen LogP contribution < -0.4 is 5.32 Å². The van der Waals surface area contributed by atoms with Gasteiger partial charge < -0.3 is 20.3 Å². The maximum absolute atomic E-state index is 14.0. The molecule has 0 aliphatic carbocycles. The normalized spacial score (nSPS) is 16.5. The molecule has 1 saturated heterocycles. The first-order chi connectivity index (χ1) is 19.0. The summed E-state index contributed by atoms with van der Waals surface area (Å²) in [5.41, 5.74) is 4.83. The molecule has 0 atom stereocenters. The second-order valence-electron chi connectivity index (χ2n) is 10.2. The van der Waals surface area contributed by atoms with E-state index >= 15 is 0 Å².